The van der Waals surface area contributed by atoms with Crippen molar-refractivity contribution in [2.24, 2.45) is 5.92 Å². The molecule has 1 N–H and O–H groups in total. The monoisotopic (exact) mass is 471 g/mol. The molecule has 0 atom stereocenters. The molecule has 0 spiro atoms. The van der Waals surface area contributed by atoms with Gasteiger partial charge in [-0.05, 0) is 66.4 Å². The number of ether oxygens (including phenoxy) is 2. The van der Waals surface area contributed by atoms with Crippen molar-refractivity contribution in [3.63, 3.8) is 0 Å². The largest absolute Gasteiger partial charge is 0.481 e. The average molecular weight is 472 g/mol. The summed E-state index contributed by atoms with van der Waals surface area (Å²) in [4.78, 5) is 16.0. The van der Waals surface area contributed by atoms with Crippen LogP contribution in [0.15, 0.2) is 29.0 Å². The van der Waals surface area contributed by atoms with E-state index in [1.54, 1.807) is 36.9 Å². The third-order valence-corrected chi connectivity index (χ3v) is 7.29. The van der Waals surface area contributed by atoms with Crippen molar-refractivity contribution in [1.82, 2.24) is 4.90 Å². The number of rotatable bonds is 10. The van der Waals surface area contributed by atoms with Crippen molar-refractivity contribution in [2.45, 2.75) is 32.5 Å². The third-order valence-electron chi connectivity index (χ3n) is 5.31. The second-order valence-electron chi connectivity index (χ2n) is 7.28. The van der Waals surface area contributed by atoms with Crippen molar-refractivity contribution < 1.29 is 19.4 Å². The summed E-state index contributed by atoms with van der Waals surface area (Å²) in [5, 5.41) is 13.4. The topological polar surface area (TPSA) is 59.0 Å². The number of hydrogen-bond donors (Lipinski definition) is 1. The summed E-state index contributed by atoms with van der Waals surface area (Å²) in [6, 6.07) is 4.27. The van der Waals surface area contributed by atoms with Crippen LogP contribution >= 0.6 is 35.1 Å². The predicted octanol–water partition coefficient (Wildman–Crippen LogP) is 5.14. The Labute approximate surface area is 192 Å². The summed E-state index contributed by atoms with van der Waals surface area (Å²) in [5.41, 5.74) is 3.68. The van der Waals surface area contributed by atoms with Crippen molar-refractivity contribution >= 4 is 46.6 Å². The van der Waals surface area contributed by atoms with Crippen molar-refractivity contribution in [3.05, 3.63) is 49.9 Å². The summed E-state index contributed by atoms with van der Waals surface area (Å²) in [6.45, 7) is 3.88. The maximum Gasteiger partial charge on any atom is 0.306 e. The number of hydrogen-bond acceptors (Lipinski definition) is 6. The molecule has 3 heterocycles. The molecule has 166 valence electrons. The van der Waals surface area contributed by atoms with Crippen LogP contribution in [-0.2, 0) is 27.5 Å². The van der Waals surface area contributed by atoms with Gasteiger partial charge >= 0.3 is 5.97 Å². The first kappa shape index (κ1) is 25.0. The lowest BCUT2D eigenvalue weighted by atomic mass is 9.97. The minimum Gasteiger partial charge on any atom is -0.481 e. The molecule has 2 aromatic rings. The summed E-state index contributed by atoms with van der Waals surface area (Å²) in [5.74, 6) is -0.832. The van der Waals surface area contributed by atoms with E-state index in [-0.39, 0.29) is 18.3 Å². The van der Waals surface area contributed by atoms with Crippen LogP contribution in [0.4, 0.5) is 0 Å². The van der Waals surface area contributed by atoms with Crippen molar-refractivity contribution in [1.29, 1.82) is 0 Å². The smallest absolute Gasteiger partial charge is 0.306 e. The molecule has 1 saturated heterocycles. The zero-order valence-corrected chi connectivity index (χ0v) is 19.9. The minimum atomic E-state index is -0.654. The molecule has 1 fully saturated rings. The maximum atomic E-state index is 11.2. The zero-order valence-electron chi connectivity index (χ0n) is 17.5. The normalized spacial score (nSPS) is 15.0. The number of likely N-dealkylation sites (tertiary alicyclic amines) is 1. The number of carboxylic acid groups (broad SMARTS) is 1. The van der Waals surface area contributed by atoms with Crippen molar-refractivity contribution in [3.8, 4) is 0 Å². The minimum absolute atomic E-state index is 0. The first-order chi connectivity index (χ1) is 14.1. The van der Waals surface area contributed by atoms with Crippen LogP contribution in [0.2, 0.25) is 0 Å². The number of carboxylic acids is 1. The Kier molecular flexibility index (Phi) is 10.5. The van der Waals surface area contributed by atoms with Gasteiger partial charge in [0.2, 0.25) is 0 Å². The Bertz CT molecular complexity index is 778. The Balaban J connectivity index is 0.00000320. The van der Waals surface area contributed by atoms with Gasteiger partial charge in [-0.25, -0.2) is 0 Å². The lowest BCUT2D eigenvalue weighted by Crippen LogP contribution is -2.36. The van der Waals surface area contributed by atoms with Gasteiger partial charge in [0.05, 0.1) is 19.1 Å². The maximum absolute atomic E-state index is 11.2. The molecule has 1 aliphatic rings. The number of piperidine rings is 1. The van der Waals surface area contributed by atoms with Gasteiger partial charge in [0.1, 0.15) is 0 Å². The molecule has 0 unspecified atom stereocenters. The number of carbonyl (C=O) groups is 1. The number of thiophene rings is 2. The lowest BCUT2D eigenvalue weighted by Gasteiger charge is -2.29. The highest BCUT2D eigenvalue weighted by Gasteiger charge is 2.24. The number of aliphatic carboxylic acids is 1. The number of nitrogens with zero attached hydrogens (tertiary/aromatic N) is 1. The molecule has 0 radical (unpaired) electrons. The number of halogens is 1. The van der Waals surface area contributed by atoms with Crippen LogP contribution < -0.4 is 0 Å². The Hall–Kier alpha value is -1.22. The average Bonchev–Trinajstić information content (AvgIpc) is 3.36. The summed E-state index contributed by atoms with van der Waals surface area (Å²) in [6.07, 6.45) is 4.76. The molecule has 3 rings (SSSR count). The van der Waals surface area contributed by atoms with Crippen LogP contribution in [0.3, 0.4) is 0 Å². The summed E-state index contributed by atoms with van der Waals surface area (Å²) < 4.78 is 10.8. The van der Waals surface area contributed by atoms with E-state index in [9.17, 15) is 9.90 Å². The third kappa shape index (κ3) is 6.39. The molecular formula is C22H30ClNO4S2. The van der Waals surface area contributed by atoms with Crippen molar-refractivity contribution in [2.75, 3.05) is 33.9 Å². The number of methoxy groups -OCH3 is 2. The zero-order chi connectivity index (χ0) is 20.6. The Morgan fingerprint density at radius 3 is 2.10 bits per heavy atom. The van der Waals surface area contributed by atoms with E-state index in [0.717, 1.165) is 38.9 Å². The summed E-state index contributed by atoms with van der Waals surface area (Å²) >= 11 is 3.50. The highest BCUT2D eigenvalue weighted by Crippen LogP contribution is 2.36. The van der Waals surface area contributed by atoms with Gasteiger partial charge in [-0.2, -0.15) is 0 Å². The van der Waals surface area contributed by atoms with Gasteiger partial charge < -0.3 is 19.5 Å². The summed E-state index contributed by atoms with van der Waals surface area (Å²) in [7, 11) is 3.46. The van der Waals surface area contributed by atoms with Crippen LogP contribution in [0.5, 0.6) is 0 Å². The standard InChI is InChI=1S/C22H29NO4S2.ClH/c1-26-14-17-7-12-28-20(17)19(21-18(15-27-2)8-13-29-21)4-3-9-23-10-5-16(6-11-23)22(24)25;/h4,7-8,12-13,16H,3,5-6,9-11,14-15H2,1-2H3,(H,24,25);1H. The molecule has 0 aromatic carbocycles. The second-order valence-corrected chi connectivity index (χ2v) is 9.11. The molecule has 2 aromatic heterocycles. The molecule has 1 aliphatic heterocycles. The van der Waals surface area contributed by atoms with Crippen LogP contribution in [0.25, 0.3) is 5.57 Å². The van der Waals surface area contributed by atoms with E-state index in [1.807, 2.05) is 0 Å². The molecule has 0 amide bonds. The SMILES string of the molecule is COCc1ccsc1C(=CCCN1CCC(C(=O)O)CC1)c1sccc1COC.Cl. The van der Waals surface area contributed by atoms with Crippen LogP contribution in [0.1, 0.15) is 40.1 Å². The molecular weight excluding hydrogens is 442 g/mol. The molecule has 0 saturated carbocycles. The molecule has 0 aliphatic carbocycles. The molecule has 5 nitrogen and oxygen atoms in total. The van der Waals surface area contributed by atoms with Gasteiger partial charge in [-0.1, -0.05) is 6.08 Å². The van der Waals surface area contributed by atoms with E-state index in [1.165, 1.54) is 26.5 Å². The van der Waals surface area contributed by atoms with Gasteiger partial charge in [0, 0.05) is 36.1 Å². The fourth-order valence-electron chi connectivity index (χ4n) is 3.77. The van der Waals surface area contributed by atoms with Gasteiger partial charge in [-0.3, -0.25) is 4.79 Å². The first-order valence-electron chi connectivity index (χ1n) is 9.90. The van der Waals surface area contributed by atoms with Gasteiger partial charge in [-0.15, -0.1) is 35.1 Å². The first-order valence-corrected chi connectivity index (χ1v) is 11.7. The highest BCUT2D eigenvalue weighted by molar-refractivity contribution is 7.14. The lowest BCUT2D eigenvalue weighted by molar-refractivity contribution is -0.143. The van der Waals surface area contributed by atoms with Gasteiger partial charge in [0.15, 0.2) is 0 Å². The Morgan fingerprint density at radius 1 is 1.10 bits per heavy atom. The fourth-order valence-corrected chi connectivity index (χ4v) is 5.75. The molecule has 8 heteroatoms. The van der Waals surface area contributed by atoms with E-state index < -0.39 is 5.97 Å². The van der Waals surface area contributed by atoms with E-state index in [0.29, 0.717) is 13.2 Å². The molecule has 0 bridgehead atoms. The fraction of sp³-hybridized carbons (Fsp3) is 0.500. The van der Waals surface area contributed by atoms with E-state index in [4.69, 9.17) is 9.47 Å². The van der Waals surface area contributed by atoms with Crippen LogP contribution in [0, 0.1) is 5.92 Å². The van der Waals surface area contributed by atoms with E-state index >= 15 is 0 Å². The van der Waals surface area contributed by atoms with Gasteiger partial charge in [0.25, 0.3) is 0 Å². The predicted molar refractivity (Wildman–Crippen MR) is 126 cm³/mol. The van der Waals surface area contributed by atoms with Crippen LogP contribution in [-0.4, -0.2) is 49.8 Å². The molecule has 30 heavy (non-hydrogen) atoms. The second kappa shape index (κ2) is 12.6. The Morgan fingerprint density at radius 2 is 1.63 bits per heavy atom. The highest BCUT2D eigenvalue weighted by atomic mass is 35.5. The van der Waals surface area contributed by atoms with E-state index in [2.05, 4.69) is 33.9 Å². The quantitative estimate of drug-likeness (QED) is 0.519.